The smallest absolute Gasteiger partial charge is 0.194 e. The van der Waals surface area contributed by atoms with E-state index in [1.165, 1.54) is 5.56 Å². The highest BCUT2D eigenvalue weighted by atomic mass is 16.5. The first-order valence-corrected chi connectivity index (χ1v) is 6.91. The van der Waals surface area contributed by atoms with Crippen molar-refractivity contribution in [3.05, 3.63) is 35.4 Å². The zero-order chi connectivity index (χ0) is 13.0. The number of aryl methyl sites for hydroxylation is 1. The van der Waals surface area contributed by atoms with Crippen LogP contribution in [0.25, 0.3) is 0 Å². The van der Waals surface area contributed by atoms with Crippen molar-refractivity contribution in [2.75, 3.05) is 7.11 Å². The number of hydrogen-bond donors (Lipinski definition) is 0. The lowest BCUT2D eigenvalue weighted by atomic mass is 9.90. The quantitative estimate of drug-likeness (QED) is 0.739. The molecule has 0 spiro atoms. The summed E-state index contributed by atoms with van der Waals surface area (Å²) in [6.07, 6.45) is 6.04. The van der Waals surface area contributed by atoms with E-state index >= 15 is 0 Å². The molecule has 0 unspecified atom stereocenters. The van der Waals surface area contributed by atoms with Gasteiger partial charge in [0, 0.05) is 12.7 Å². The van der Waals surface area contributed by atoms with E-state index in [1.54, 1.807) is 7.11 Å². The average molecular weight is 246 g/mol. The minimum absolute atomic E-state index is 0.167. The molecule has 2 nitrogen and oxygen atoms in total. The second-order valence-corrected chi connectivity index (χ2v) is 5.19. The third kappa shape index (κ3) is 2.49. The summed E-state index contributed by atoms with van der Waals surface area (Å²) in [5.74, 6) is 0.167. The molecule has 1 aliphatic carbocycles. The van der Waals surface area contributed by atoms with E-state index in [-0.39, 0.29) is 5.78 Å². The van der Waals surface area contributed by atoms with E-state index < -0.39 is 5.60 Å². The van der Waals surface area contributed by atoms with Crippen molar-refractivity contribution >= 4 is 5.78 Å². The SMILES string of the molecule is CCCc1cccc(C(=O)C2(OC)CCCC2)c1. The number of hydrogen-bond acceptors (Lipinski definition) is 2. The Balaban J connectivity index is 2.24. The topological polar surface area (TPSA) is 26.3 Å². The van der Waals surface area contributed by atoms with Crippen LogP contribution in [-0.2, 0) is 11.2 Å². The number of carbonyl (C=O) groups excluding carboxylic acids is 1. The van der Waals surface area contributed by atoms with Crippen molar-refractivity contribution in [2.24, 2.45) is 0 Å². The van der Waals surface area contributed by atoms with Crippen LogP contribution >= 0.6 is 0 Å². The number of benzene rings is 1. The van der Waals surface area contributed by atoms with Gasteiger partial charge in [-0.2, -0.15) is 0 Å². The summed E-state index contributed by atoms with van der Waals surface area (Å²) in [5, 5.41) is 0. The first kappa shape index (κ1) is 13.3. The molecule has 1 aliphatic rings. The maximum Gasteiger partial charge on any atom is 0.194 e. The molecule has 1 aromatic rings. The minimum atomic E-state index is -0.551. The Morgan fingerprint density at radius 1 is 1.33 bits per heavy atom. The van der Waals surface area contributed by atoms with E-state index in [9.17, 15) is 4.79 Å². The highest BCUT2D eigenvalue weighted by Gasteiger charge is 2.41. The van der Waals surface area contributed by atoms with Crippen LogP contribution in [0.3, 0.4) is 0 Å². The first-order valence-electron chi connectivity index (χ1n) is 6.91. The molecule has 1 fully saturated rings. The maximum atomic E-state index is 12.6. The van der Waals surface area contributed by atoms with Crippen molar-refractivity contribution in [3.8, 4) is 0 Å². The summed E-state index contributed by atoms with van der Waals surface area (Å²) in [7, 11) is 1.67. The van der Waals surface area contributed by atoms with Gasteiger partial charge in [0.05, 0.1) is 0 Å². The van der Waals surface area contributed by atoms with Gasteiger partial charge in [-0.05, 0) is 43.7 Å². The molecule has 0 aliphatic heterocycles. The second kappa shape index (κ2) is 5.66. The van der Waals surface area contributed by atoms with Crippen LogP contribution in [-0.4, -0.2) is 18.5 Å². The minimum Gasteiger partial charge on any atom is -0.370 e. The van der Waals surface area contributed by atoms with Crippen molar-refractivity contribution < 1.29 is 9.53 Å². The van der Waals surface area contributed by atoms with E-state index in [0.29, 0.717) is 0 Å². The molecule has 0 aromatic heterocycles. The Morgan fingerprint density at radius 2 is 2.06 bits per heavy atom. The molecular weight excluding hydrogens is 224 g/mol. The average Bonchev–Trinajstić information content (AvgIpc) is 2.88. The van der Waals surface area contributed by atoms with Crippen LogP contribution in [0.15, 0.2) is 24.3 Å². The fourth-order valence-electron chi connectivity index (χ4n) is 2.89. The summed E-state index contributed by atoms with van der Waals surface area (Å²) in [6, 6.07) is 8.02. The molecule has 2 rings (SSSR count). The fraction of sp³-hybridized carbons (Fsp3) is 0.562. The van der Waals surface area contributed by atoms with Crippen LogP contribution in [0.4, 0.5) is 0 Å². The third-order valence-corrected chi connectivity index (χ3v) is 3.94. The lowest BCUT2D eigenvalue weighted by molar-refractivity contribution is 0.00602. The highest BCUT2D eigenvalue weighted by molar-refractivity contribution is 6.02. The van der Waals surface area contributed by atoms with Crippen LogP contribution < -0.4 is 0 Å². The second-order valence-electron chi connectivity index (χ2n) is 5.19. The molecule has 98 valence electrons. The Morgan fingerprint density at radius 3 is 2.67 bits per heavy atom. The van der Waals surface area contributed by atoms with Gasteiger partial charge in [-0.1, -0.05) is 31.5 Å². The predicted molar refractivity (Wildman–Crippen MR) is 73.0 cm³/mol. The summed E-state index contributed by atoms with van der Waals surface area (Å²) in [4.78, 5) is 12.6. The van der Waals surface area contributed by atoms with Gasteiger partial charge in [0.1, 0.15) is 5.60 Å². The number of Topliss-reactive ketones (excluding diaryl/α,β-unsaturated/α-hetero) is 1. The number of methoxy groups -OCH3 is 1. The molecule has 2 heteroatoms. The molecule has 0 radical (unpaired) electrons. The van der Waals surface area contributed by atoms with E-state index in [4.69, 9.17) is 4.74 Å². The van der Waals surface area contributed by atoms with Crippen molar-refractivity contribution in [1.29, 1.82) is 0 Å². The largest absolute Gasteiger partial charge is 0.370 e. The molecule has 0 saturated heterocycles. The van der Waals surface area contributed by atoms with Crippen molar-refractivity contribution in [1.82, 2.24) is 0 Å². The monoisotopic (exact) mass is 246 g/mol. The first-order chi connectivity index (χ1) is 8.72. The molecule has 1 saturated carbocycles. The molecule has 0 heterocycles. The molecule has 0 atom stereocenters. The van der Waals surface area contributed by atoms with Crippen molar-refractivity contribution in [2.45, 2.75) is 51.0 Å². The molecule has 18 heavy (non-hydrogen) atoms. The number of ketones is 1. The van der Waals surface area contributed by atoms with Gasteiger partial charge < -0.3 is 4.74 Å². The number of ether oxygens (including phenoxy) is 1. The van der Waals surface area contributed by atoms with Gasteiger partial charge in [-0.25, -0.2) is 0 Å². The van der Waals surface area contributed by atoms with Crippen molar-refractivity contribution in [3.63, 3.8) is 0 Å². The van der Waals surface area contributed by atoms with Crippen LogP contribution in [0, 0.1) is 0 Å². The molecule has 0 N–H and O–H groups in total. The van der Waals surface area contributed by atoms with E-state index in [0.717, 1.165) is 44.1 Å². The zero-order valence-corrected chi connectivity index (χ0v) is 11.4. The molecule has 0 amide bonds. The van der Waals surface area contributed by atoms with Gasteiger partial charge in [-0.15, -0.1) is 0 Å². The van der Waals surface area contributed by atoms with Crippen LogP contribution in [0.2, 0.25) is 0 Å². The van der Waals surface area contributed by atoms with E-state index in [1.807, 2.05) is 18.2 Å². The lowest BCUT2D eigenvalue weighted by Gasteiger charge is -2.25. The normalized spacial score (nSPS) is 17.9. The van der Waals surface area contributed by atoms with Gasteiger partial charge in [-0.3, -0.25) is 4.79 Å². The molecule has 0 bridgehead atoms. The summed E-state index contributed by atoms with van der Waals surface area (Å²) < 4.78 is 5.57. The van der Waals surface area contributed by atoms with E-state index in [2.05, 4.69) is 13.0 Å². The fourth-order valence-corrected chi connectivity index (χ4v) is 2.89. The zero-order valence-electron chi connectivity index (χ0n) is 11.4. The number of rotatable bonds is 5. The Kier molecular flexibility index (Phi) is 4.18. The summed E-state index contributed by atoms with van der Waals surface area (Å²) >= 11 is 0. The Hall–Kier alpha value is -1.15. The van der Waals surface area contributed by atoms with Gasteiger partial charge in [0.2, 0.25) is 0 Å². The number of carbonyl (C=O) groups is 1. The summed E-state index contributed by atoms with van der Waals surface area (Å²) in [5.41, 5.74) is 1.50. The summed E-state index contributed by atoms with van der Waals surface area (Å²) in [6.45, 7) is 2.15. The van der Waals surface area contributed by atoms with Crippen LogP contribution in [0.5, 0.6) is 0 Å². The molecular formula is C16H22O2. The predicted octanol–water partition coefficient (Wildman–Crippen LogP) is 3.78. The van der Waals surface area contributed by atoms with Gasteiger partial charge >= 0.3 is 0 Å². The standard InChI is InChI=1S/C16H22O2/c1-3-7-13-8-6-9-14(12-13)15(17)16(18-2)10-4-5-11-16/h6,8-9,12H,3-5,7,10-11H2,1-2H3. The third-order valence-electron chi connectivity index (χ3n) is 3.94. The Bertz CT molecular complexity index is 417. The lowest BCUT2D eigenvalue weighted by Crippen LogP contribution is -2.37. The Labute approximate surface area is 109 Å². The maximum absolute atomic E-state index is 12.6. The van der Waals surface area contributed by atoms with Gasteiger partial charge in [0.25, 0.3) is 0 Å². The van der Waals surface area contributed by atoms with Gasteiger partial charge in [0.15, 0.2) is 5.78 Å². The van der Waals surface area contributed by atoms with Crippen LogP contribution in [0.1, 0.15) is 54.9 Å². The molecule has 1 aromatic carbocycles. The highest BCUT2D eigenvalue weighted by Crippen LogP contribution is 2.35.